The van der Waals surface area contributed by atoms with Gasteiger partial charge >= 0.3 is 11.9 Å². The molecule has 0 bridgehead atoms. The van der Waals surface area contributed by atoms with Crippen LogP contribution in [0.4, 0.5) is 13.2 Å². The van der Waals surface area contributed by atoms with Gasteiger partial charge in [0.25, 0.3) is 0 Å². The molecule has 5 rings (SSSR count). The van der Waals surface area contributed by atoms with Gasteiger partial charge in [-0.25, -0.2) is 4.79 Å². The summed E-state index contributed by atoms with van der Waals surface area (Å²) in [5.41, 5.74) is -0.0593. The topological polar surface area (TPSA) is 57.6 Å². The van der Waals surface area contributed by atoms with Crippen molar-refractivity contribution in [2.75, 3.05) is 0 Å². The molecule has 0 radical (unpaired) electrons. The van der Waals surface area contributed by atoms with E-state index in [1.165, 1.54) is 21.4 Å². The average molecular weight is 458 g/mol. The maximum absolute atomic E-state index is 13.8. The minimum absolute atomic E-state index is 0.0807. The fourth-order valence-electron chi connectivity index (χ4n) is 5.50. The van der Waals surface area contributed by atoms with Crippen molar-refractivity contribution in [1.82, 2.24) is 23.9 Å². The number of allylic oxidation sites excluding steroid dienone is 2. The third-order valence-electron chi connectivity index (χ3n) is 7.11. The lowest BCUT2D eigenvalue weighted by molar-refractivity contribution is -0.0701. The molecule has 2 aliphatic rings. The normalized spacial score (nSPS) is 24.8. The highest BCUT2D eigenvalue weighted by Gasteiger charge is 2.48. The minimum Gasteiger partial charge on any atom is -0.320 e. The Labute approximate surface area is 189 Å². The lowest BCUT2D eigenvalue weighted by atomic mass is 9.58. The fourth-order valence-corrected chi connectivity index (χ4v) is 5.50. The number of hydrogen-bond acceptors (Lipinski definition) is 3. The number of aromatic nitrogens is 5. The van der Waals surface area contributed by atoms with Crippen LogP contribution in [0, 0.1) is 11.8 Å². The molecule has 0 saturated heterocycles. The van der Waals surface area contributed by atoms with Crippen LogP contribution in [0.3, 0.4) is 0 Å². The molecule has 33 heavy (non-hydrogen) atoms. The summed E-state index contributed by atoms with van der Waals surface area (Å²) < 4.78 is 45.8. The maximum atomic E-state index is 13.8. The lowest BCUT2D eigenvalue weighted by Gasteiger charge is -2.46. The van der Waals surface area contributed by atoms with Crippen molar-refractivity contribution in [2.45, 2.75) is 51.2 Å². The molecule has 9 heteroatoms. The van der Waals surface area contributed by atoms with Crippen LogP contribution in [0.1, 0.15) is 50.2 Å². The number of halogens is 3. The lowest BCUT2D eigenvalue weighted by Crippen LogP contribution is -2.43. The van der Waals surface area contributed by atoms with Gasteiger partial charge in [0.2, 0.25) is 0 Å². The van der Waals surface area contributed by atoms with Crippen molar-refractivity contribution in [3.8, 4) is 5.69 Å². The second-order valence-electron chi connectivity index (χ2n) is 9.44. The van der Waals surface area contributed by atoms with E-state index in [0.717, 1.165) is 24.2 Å². The van der Waals surface area contributed by atoms with E-state index in [-0.39, 0.29) is 23.6 Å². The zero-order valence-electron chi connectivity index (χ0n) is 18.8. The number of aryl methyl sites for hydroxylation is 1. The summed E-state index contributed by atoms with van der Waals surface area (Å²) in [6, 6.07) is 7.52. The Morgan fingerprint density at radius 2 is 2.00 bits per heavy atom. The van der Waals surface area contributed by atoms with Gasteiger partial charge in [-0.05, 0) is 48.8 Å². The molecule has 1 saturated carbocycles. The number of imidazole rings is 1. The van der Waals surface area contributed by atoms with Crippen LogP contribution in [0.2, 0.25) is 0 Å². The molecule has 2 aromatic heterocycles. The molecule has 0 amide bonds. The zero-order valence-corrected chi connectivity index (χ0v) is 18.8. The van der Waals surface area contributed by atoms with Gasteiger partial charge < -0.3 is 4.57 Å². The third-order valence-corrected chi connectivity index (χ3v) is 7.11. The van der Waals surface area contributed by atoms with E-state index in [2.05, 4.69) is 17.1 Å². The van der Waals surface area contributed by atoms with E-state index in [4.69, 9.17) is 0 Å². The highest BCUT2D eigenvalue weighted by Crippen LogP contribution is 2.51. The molecule has 3 heterocycles. The quantitative estimate of drug-likeness (QED) is 0.581. The summed E-state index contributed by atoms with van der Waals surface area (Å²) in [6.45, 7) is 4.26. The summed E-state index contributed by atoms with van der Waals surface area (Å²) in [5, 5.41) is 8.40. The van der Waals surface area contributed by atoms with Gasteiger partial charge in [-0.15, -0.1) is 10.2 Å². The second-order valence-corrected chi connectivity index (χ2v) is 9.44. The molecule has 0 N–H and O–H groups in total. The van der Waals surface area contributed by atoms with E-state index in [1.54, 1.807) is 12.4 Å². The van der Waals surface area contributed by atoms with E-state index in [0.29, 0.717) is 18.0 Å². The van der Waals surface area contributed by atoms with Crippen LogP contribution >= 0.6 is 0 Å². The van der Waals surface area contributed by atoms with Crippen molar-refractivity contribution in [3.05, 3.63) is 70.4 Å². The highest BCUT2D eigenvalue weighted by atomic mass is 19.4. The molecule has 0 spiro atoms. The second kappa shape index (κ2) is 7.46. The van der Waals surface area contributed by atoms with Crippen LogP contribution in [-0.2, 0) is 19.0 Å². The molecule has 1 aliphatic heterocycles. The minimum atomic E-state index is -4.52. The Balaban J connectivity index is 1.62. The Kier molecular flexibility index (Phi) is 4.91. The van der Waals surface area contributed by atoms with Gasteiger partial charge in [-0.2, -0.15) is 13.2 Å². The van der Waals surface area contributed by atoms with Gasteiger partial charge in [-0.3, -0.25) is 9.13 Å². The monoisotopic (exact) mass is 457 g/mol. The van der Waals surface area contributed by atoms with Crippen LogP contribution in [0.5, 0.6) is 0 Å². The van der Waals surface area contributed by atoms with Crippen molar-refractivity contribution >= 4 is 5.57 Å². The molecular weight excluding hydrogens is 431 g/mol. The number of rotatable bonds is 4. The molecule has 1 unspecified atom stereocenters. The molecule has 6 nitrogen and oxygen atoms in total. The van der Waals surface area contributed by atoms with Crippen LogP contribution in [-0.4, -0.2) is 30.1 Å². The molecule has 1 fully saturated rings. The summed E-state index contributed by atoms with van der Waals surface area (Å²) >= 11 is 0. The number of alkyl halides is 3. The van der Waals surface area contributed by atoms with E-state index >= 15 is 0 Å². The van der Waals surface area contributed by atoms with Crippen molar-refractivity contribution in [1.29, 1.82) is 0 Å². The van der Waals surface area contributed by atoms with Crippen LogP contribution < -0.4 is 5.69 Å². The molecule has 1 aliphatic carbocycles. The highest BCUT2D eigenvalue weighted by molar-refractivity contribution is 5.68. The molecule has 1 atom stereocenters. The number of benzene rings is 1. The summed E-state index contributed by atoms with van der Waals surface area (Å²) in [6.07, 6.45) is 2.05. The maximum Gasteiger partial charge on any atom is 0.418 e. The van der Waals surface area contributed by atoms with Gasteiger partial charge in [0.1, 0.15) is 12.2 Å². The zero-order chi connectivity index (χ0) is 23.5. The Hall–Kier alpha value is -3.10. The van der Waals surface area contributed by atoms with Gasteiger partial charge in [0.15, 0.2) is 0 Å². The fraction of sp³-hybridized carbons (Fsp3) is 0.458. The summed E-state index contributed by atoms with van der Waals surface area (Å²) in [7, 11) is 1.91. The largest absolute Gasteiger partial charge is 0.418 e. The molecule has 174 valence electrons. The van der Waals surface area contributed by atoms with E-state index in [1.807, 2.05) is 36.7 Å². The SMILES string of the molecule is CCC1C=C(C(F)(F)F)c2cn(-c3cccc(C4(c5nncn5C)CC(C)C4)c3)c(=O)n2C1. The first-order valence-corrected chi connectivity index (χ1v) is 11.2. The van der Waals surface area contributed by atoms with E-state index in [9.17, 15) is 18.0 Å². The van der Waals surface area contributed by atoms with Crippen molar-refractivity contribution < 1.29 is 13.2 Å². The predicted molar refractivity (Wildman–Crippen MR) is 118 cm³/mol. The van der Waals surface area contributed by atoms with Crippen LogP contribution in [0.15, 0.2) is 47.7 Å². The Morgan fingerprint density at radius 3 is 2.61 bits per heavy atom. The average Bonchev–Trinajstić information content (AvgIpc) is 3.33. The summed E-state index contributed by atoms with van der Waals surface area (Å²) in [4.78, 5) is 13.2. The smallest absolute Gasteiger partial charge is 0.320 e. The van der Waals surface area contributed by atoms with Gasteiger partial charge in [0, 0.05) is 19.8 Å². The molecule has 3 aromatic rings. The van der Waals surface area contributed by atoms with Crippen LogP contribution in [0.25, 0.3) is 11.3 Å². The number of fused-ring (bicyclic) bond motifs is 1. The van der Waals surface area contributed by atoms with Gasteiger partial charge in [0.05, 0.1) is 22.4 Å². The molecule has 1 aromatic carbocycles. The first-order valence-electron chi connectivity index (χ1n) is 11.2. The number of nitrogens with zero attached hydrogens (tertiary/aromatic N) is 5. The van der Waals surface area contributed by atoms with Crippen molar-refractivity contribution in [3.63, 3.8) is 0 Å². The number of hydrogen-bond donors (Lipinski definition) is 0. The Morgan fingerprint density at radius 1 is 1.24 bits per heavy atom. The van der Waals surface area contributed by atoms with E-state index < -0.39 is 17.4 Å². The Bertz CT molecular complexity index is 1290. The molecular formula is C24H26F3N5O. The summed E-state index contributed by atoms with van der Waals surface area (Å²) in [5.74, 6) is 1.04. The van der Waals surface area contributed by atoms with Crippen molar-refractivity contribution in [2.24, 2.45) is 18.9 Å². The third kappa shape index (κ3) is 3.36. The standard InChI is InChI=1S/C24H26F3N5O/c1-4-16-8-19(24(25,26)27)20-13-31(22(33)32(20)12-16)18-7-5-6-17(9-18)23(10-15(2)11-23)21-29-28-14-30(21)3/h5-9,13-16H,4,10-12H2,1-3H3. The first-order chi connectivity index (χ1) is 15.6. The first kappa shape index (κ1) is 21.7. The van der Waals surface area contributed by atoms with Gasteiger partial charge in [-0.1, -0.05) is 32.1 Å². The predicted octanol–water partition coefficient (Wildman–Crippen LogP) is 4.47.